The van der Waals surface area contributed by atoms with Crippen LogP contribution in [-0.2, 0) is 11.4 Å². The van der Waals surface area contributed by atoms with Crippen LogP contribution in [0.2, 0.25) is 0 Å². The van der Waals surface area contributed by atoms with E-state index in [2.05, 4.69) is 29.6 Å². The molecule has 5 heteroatoms. The molecule has 2 aliphatic carbocycles. The highest BCUT2D eigenvalue weighted by Crippen LogP contribution is 2.29. The second-order valence-electron chi connectivity index (χ2n) is 2.29. The fourth-order valence-corrected chi connectivity index (χ4v) is 0.663. The molecule has 0 aromatic carbocycles. The van der Waals surface area contributed by atoms with E-state index in [0.717, 1.165) is 0 Å². The van der Waals surface area contributed by atoms with Gasteiger partial charge in [-0.25, -0.2) is 4.21 Å². The topological polar surface area (TPSA) is 72.4 Å². The molecular formula is C8H12NO3S-. The Balaban J connectivity index is 0.000000184. The van der Waals surface area contributed by atoms with Crippen molar-refractivity contribution in [2.24, 2.45) is 0 Å². The monoisotopic (exact) mass is 202 g/mol. The Labute approximate surface area is 80.1 Å². The van der Waals surface area contributed by atoms with Crippen molar-refractivity contribution in [3.8, 4) is 11.1 Å². The second kappa shape index (κ2) is 6.73. The summed E-state index contributed by atoms with van der Waals surface area (Å²) in [5, 5.41) is 2.75. The molecule has 2 rings (SSSR count). The third-order valence-electron chi connectivity index (χ3n) is 1.22. The lowest BCUT2D eigenvalue weighted by Crippen LogP contribution is -1.89. The predicted molar refractivity (Wildman–Crippen MR) is 52.0 cm³/mol. The summed E-state index contributed by atoms with van der Waals surface area (Å²) < 4.78 is 24.1. The molecule has 0 aromatic rings. The lowest BCUT2D eigenvalue weighted by molar-refractivity contribution is 0.436. The van der Waals surface area contributed by atoms with E-state index in [1.165, 1.54) is 11.1 Å². The fraction of sp³-hybridized carbons (Fsp3) is 0.250. The first-order chi connectivity index (χ1) is 6.11. The summed E-state index contributed by atoms with van der Waals surface area (Å²) >= 11 is -2.86. The van der Waals surface area contributed by atoms with Crippen molar-refractivity contribution in [1.82, 2.24) is 5.32 Å². The highest BCUT2D eigenvalue weighted by atomic mass is 32.2. The van der Waals surface area contributed by atoms with E-state index >= 15 is 0 Å². The molecular weight excluding hydrogens is 190 g/mol. The molecule has 0 amide bonds. The first-order valence-electron chi connectivity index (χ1n) is 3.59. The number of hydrogen-bond acceptors (Lipinski definition) is 3. The molecule has 4 nitrogen and oxygen atoms in total. The summed E-state index contributed by atoms with van der Waals surface area (Å²) in [5.74, 6) is 0. The smallest absolute Gasteiger partial charge is 0.0814 e. The summed E-state index contributed by atoms with van der Waals surface area (Å²) in [6, 6.07) is 8.48. The molecule has 0 bridgehead atoms. The molecule has 0 saturated carbocycles. The van der Waals surface area contributed by atoms with Crippen LogP contribution in [0.5, 0.6) is 0 Å². The van der Waals surface area contributed by atoms with Crippen LogP contribution in [0.4, 0.5) is 0 Å². The van der Waals surface area contributed by atoms with E-state index in [1.807, 2.05) is 14.1 Å². The lowest BCUT2D eigenvalue weighted by atomic mass is 9.95. The summed E-state index contributed by atoms with van der Waals surface area (Å²) in [4.78, 5) is 0. The summed E-state index contributed by atoms with van der Waals surface area (Å²) in [6.45, 7) is 0. The van der Waals surface area contributed by atoms with Gasteiger partial charge in [-0.05, 0) is 25.2 Å². The number of hydrogen-bond donors (Lipinski definition) is 2. The van der Waals surface area contributed by atoms with Crippen molar-refractivity contribution in [2.45, 2.75) is 0 Å². The van der Waals surface area contributed by atoms with Crippen molar-refractivity contribution in [2.75, 3.05) is 14.1 Å². The van der Waals surface area contributed by atoms with Crippen LogP contribution in [0.15, 0.2) is 24.3 Å². The van der Waals surface area contributed by atoms with Crippen molar-refractivity contribution < 1.29 is 13.3 Å². The van der Waals surface area contributed by atoms with Crippen LogP contribution in [0.25, 0.3) is 11.1 Å². The minimum absolute atomic E-state index is 1.43. The molecule has 0 saturated heterocycles. The van der Waals surface area contributed by atoms with E-state index in [-0.39, 0.29) is 0 Å². The zero-order chi connectivity index (χ0) is 10.3. The highest BCUT2D eigenvalue weighted by molar-refractivity contribution is 7.73. The molecule has 74 valence electrons. The average molecular weight is 202 g/mol. The standard InChI is InChI=1S/C6H4.C2H7N.H2O3S/c1-2-6-4-3-5(1)6;1-3-2;1-4(2)3/h1-4H;3H,1-2H3;(H2,1,2,3)/p-1. The Bertz CT molecular complexity index is 236. The van der Waals surface area contributed by atoms with Crippen LogP contribution >= 0.6 is 0 Å². The highest BCUT2D eigenvalue weighted by Gasteiger charge is 2.03. The van der Waals surface area contributed by atoms with E-state index < -0.39 is 11.4 Å². The Kier molecular flexibility index (Phi) is 6.34. The molecule has 2 aliphatic rings. The van der Waals surface area contributed by atoms with E-state index in [9.17, 15) is 0 Å². The van der Waals surface area contributed by atoms with Gasteiger partial charge in [-0.15, -0.1) is 0 Å². The molecule has 13 heavy (non-hydrogen) atoms. The molecule has 1 atom stereocenters. The minimum Gasteiger partial charge on any atom is -0.750 e. The maximum atomic E-state index is 8.56. The van der Waals surface area contributed by atoms with Crippen LogP contribution in [0, 0.1) is 0 Å². The van der Waals surface area contributed by atoms with Crippen LogP contribution in [0.1, 0.15) is 0 Å². The van der Waals surface area contributed by atoms with Gasteiger partial charge >= 0.3 is 0 Å². The third kappa shape index (κ3) is 5.48. The molecule has 0 aromatic heterocycles. The zero-order valence-electron chi connectivity index (χ0n) is 7.48. The number of rotatable bonds is 0. The molecule has 0 heterocycles. The van der Waals surface area contributed by atoms with Crippen molar-refractivity contribution in [1.29, 1.82) is 0 Å². The maximum absolute atomic E-state index is 8.56. The van der Waals surface area contributed by atoms with E-state index in [1.54, 1.807) is 0 Å². The number of fused-ring (bicyclic) bond motifs is 1. The van der Waals surface area contributed by atoms with E-state index in [4.69, 9.17) is 13.3 Å². The molecule has 0 fully saturated rings. The quantitative estimate of drug-likeness (QED) is 0.621. The molecule has 1 unspecified atom stereocenters. The van der Waals surface area contributed by atoms with Crippen molar-refractivity contribution >= 4 is 11.4 Å². The van der Waals surface area contributed by atoms with Gasteiger partial charge < -0.3 is 14.4 Å². The zero-order valence-corrected chi connectivity index (χ0v) is 8.30. The molecule has 0 aliphatic heterocycles. The first-order valence-corrected chi connectivity index (χ1v) is 4.62. The van der Waals surface area contributed by atoms with Gasteiger partial charge in [-0.2, -0.15) is 0 Å². The largest absolute Gasteiger partial charge is 0.750 e. The minimum atomic E-state index is -2.86. The summed E-state index contributed by atoms with van der Waals surface area (Å²) in [5.41, 5.74) is 2.85. The fourth-order valence-electron chi connectivity index (χ4n) is 0.663. The maximum Gasteiger partial charge on any atom is 0.0814 e. The van der Waals surface area contributed by atoms with Gasteiger partial charge in [0.15, 0.2) is 0 Å². The second-order valence-corrected chi connectivity index (χ2v) is 2.73. The normalized spacial score (nSPS) is 11.4. The molecule has 0 spiro atoms. The summed E-state index contributed by atoms with van der Waals surface area (Å²) in [6.07, 6.45) is 0. The predicted octanol–water partition coefficient (Wildman–Crippen LogP) is 0.841. The van der Waals surface area contributed by atoms with Gasteiger partial charge in [0.2, 0.25) is 0 Å². The Hall–Kier alpha value is -0.750. The molecule has 0 radical (unpaired) electrons. The van der Waals surface area contributed by atoms with Gasteiger partial charge in [0.1, 0.15) is 0 Å². The number of benzene rings is 1. The third-order valence-corrected chi connectivity index (χ3v) is 1.22. The van der Waals surface area contributed by atoms with Gasteiger partial charge in [0, 0.05) is 0 Å². The van der Waals surface area contributed by atoms with E-state index in [0.29, 0.717) is 0 Å². The lowest BCUT2D eigenvalue weighted by Gasteiger charge is -2.10. The average Bonchev–Trinajstić information content (AvgIpc) is 1.97. The van der Waals surface area contributed by atoms with Gasteiger partial charge in [-0.3, -0.25) is 0 Å². The van der Waals surface area contributed by atoms with Crippen molar-refractivity contribution in [3.63, 3.8) is 0 Å². The van der Waals surface area contributed by atoms with Crippen LogP contribution in [0.3, 0.4) is 0 Å². The Morgan fingerprint density at radius 1 is 1.23 bits per heavy atom. The van der Waals surface area contributed by atoms with Crippen molar-refractivity contribution in [3.05, 3.63) is 24.3 Å². The van der Waals surface area contributed by atoms with Crippen LogP contribution < -0.4 is 5.32 Å². The Morgan fingerprint density at radius 2 is 1.38 bits per heavy atom. The van der Waals surface area contributed by atoms with Gasteiger partial charge in [0.05, 0.1) is 11.4 Å². The SMILES string of the molecule is CNC.O=S([O-])O.c1cc2ccc1-2. The van der Waals surface area contributed by atoms with Gasteiger partial charge in [0.25, 0.3) is 0 Å². The number of nitrogens with one attached hydrogen (secondary N) is 1. The Morgan fingerprint density at radius 3 is 1.38 bits per heavy atom. The summed E-state index contributed by atoms with van der Waals surface area (Å²) in [7, 11) is 3.75. The first kappa shape index (κ1) is 12.2. The van der Waals surface area contributed by atoms with Crippen LogP contribution in [-0.4, -0.2) is 27.4 Å². The van der Waals surface area contributed by atoms with Gasteiger partial charge in [-0.1, -0.05) is 24.3 Å². The molecule has 2 N–H and O–H groups in total.